The van der Waals surface area contributed by atoms with Crippen molar-refractivity contribution >= 4 is 11.6 Å². The Bertz CT molecular complexity index is 1120. The quantitative estimate of drug-likeness (QED) is 0.757. The summed E-state index contributed by atoms with van der Waals surface area (Å²) in [6.45, 7) is 4.62. The van der Waals surface area contributed by atoms with Gasteiger partial charge in [-0.25, -0.2) is 0 Å². The van der Waals surface area contributed by atoms with E-state index in [0.29, 0.717) is 29.3 Å². The first-order valence-corrected chi connectivity index (χ1v) is 8.97. The molecule has 0 bridgehead atoms. The Morgan fingerprint density at radius 3 is 2.71 bits per heavy atom. The fourth-order valence-electron chi connectivity index (χ4n) is 3.12. The highest BCUT2D eigenvalue weighted by atomic mass is 16.7. The van der Waals surface area contributed by atoms with Crippen molar-refractivity contribution in [3.8, 4) is 11.5 Å². The lowest BCUT2D eigenvalue weighted by molar-refractivity contribution is 0.102. The number of aryl methyl sites for hydroxylation is 2. The molecule has 2 heterocycles. The molecule has 1 amide bonds. The summed E-state index contributed by atoms with van der Waals surface area (Å²) in [6, 6.07) is 14.3. The highest BCUT2D eigenvalue weighted by molar-refractivity contribution is 6.04. The van der Waals surface area contributed by atoms with Gasteiger partial charge in [0.15, 0.2) is 11.5 Å². The van der Waals surface area contributed by atoms with Crippen molar-refractivity contribution in [2.75, 3.05) is 12.1 Å². The third-order valence-electron chi connectivity index (χ3n) is 4.72. The first kappa shape index (κ1) is 17.9. The average Bonchev–Trinajstić information content (AvgIpc) is 3.14. The highest BCUT2D eigenvalue weighted by Crippen LogP contribution is 2.34. The van der Waals surface area contributed by atoms with E-state index in [-0.39, 0.29) is 18.3 Å². The molecule has 0 saturated heterocycles. The van der Waals surface area contributed by atoms with Gasteiger partial charge in [0.1, 0.15) is 0 Å². The minimum absolute atomic E-state index is 0.152. The number of anilines is 1. The highest BCUT2D eigenvalue weighted by Gasteiger charge is 2.15. The summed E-state index contributed by atoms with van der Waals surface area (Å²) >= 11 is 0. The minimum Gasteiger partial charge on any atom is -0.454 e. The van der Waals surface area contributed by atoms with Crippen LogP contribution in [0.2, 0.25) is 0 Å². The largest absolute Gasteiger partial charge is 0.454 e. The van der Waals surface area contributed by atoms with Crippen molar-refractivity contribution < 1.29 is 14.3 Å². The van der Waals surface area contributed by atoms with Crippen molar-refractivity contribution in [2.45, 2.75) is 20.4 Å². The van der Waals surface area contributed by atoms with Crippen LogP contribution in [0.15, 0.2) is 59.5 Å². The maximum atomic E-state index is 12.7. The van der Waals surface area contributed by atoms with Crippen LogP contribution < -0.4 is 20.3 Å². The Morgan fingerprint density at radius 1 is 1.04 bits per heavy atom. The van der Waals surface area contributed by atoms with Crippen LogP contribution in [0, 0.1) is 13.8 Å². The lowest BCUT2D eigenvalue weighted by Crippen LogP contribution is -2.23. The van der Waals surface area contributed by atoms with Crippen LogP contribution in [-0.4, -0.2) is 17.3 Å². The van der Waals surface area contributed by atoms with Crippen LogP contribution in [0.1, 0.15) is 27.0 Å². The van der Waals surface area contributed by atoms with E-state index in [2.05, 4.69) is 11.4 Å². The Balaban J connectivity index is 1.57. The third-order valence-corrected chi connectivity index (χ3v) is 4.72. The van der Waals surface area contributed by atoms with Crippen molar-refractivity contribution in [1.29, 1.82) is 0 Å². The Morgan fingerprint density at radius 2 is 1.86 bits per heavy atom. The third kappa shape index (κ3) is 3.62. The molecule has 28 heavy (non-hydrogen) atoms. The predicted octanol–water partition coefficient (Wildman–Crippen LogP) is 3.49. The smallest absolute Gasteiger partial charge is 0.257 e. The molecule has 0 saturated carbocycles. The second-order valence-electron chi connectivity index (χ2n) is 6.84. The van der Waals surface area contributed by atoms with Crippen molar-refractivity contribution in [2.24, 2.45) is 0 Å². The summed E-state index contributed by atoms with van der Waals surface area (Å²) in [7, 11) is 0. The lowest BCUT2D eigenvalue weighted by atomic mass is 10.1. The summed E-state index contributed by atoms with van der Waals surface area (Å²) in [5.74, 6) is 0.950. The number of nitrogens with one attached hydrogen (secondary N) is 1. The number of ether oxygens (including phenoxy) is 2. The van der Waals surface area contributed by atoms with Crippen molar-refractivity contribution in [3.05, 3.63) is 87.3 Å². The van der Waals surface area contributed by atoms with Gasteiger partial charge < -0.3 is 19.4 Å². The van der Waals surface area contributed by atoms with E-state index in [1.165, 1.54) is 12.1 Å². The molecule has 0 spiro atoms. The number of carbonyl (C=O) groups excluding carboxylic acids is 1. The van der Waals surface area contributed by atoms with Gasteiger partial charge in [-0.2, -0.15) is 0 Å². The van der Waals surface area contributed by atoms with E-state index in [1.54, 1.807) is 29.0 Å². The molecule has 1 aliphatic heterocycles. The molecule has 1 aliphatic rings. The molecule has 1 N–H and O–H groups in total. The maximum absolute atomic E-state index is 12.7. The van der Waals surface area contributed by atoms with Crippen LogP contribution in [-0.2, 0) is 6.54 Å². The standard InChI is InChI=1S/C22H20N2O4/c1-14-3-4-15(2)17(9-14)12-24-11-16(5-8-21(24)25)22(26)23-18-6-7-19-20(10-18)28-13-27-19/h3-11H,12-13H2,1-2H3,(H,23,26). The summed E-state index contributed by atoms with van der Waals surface area (Å²) in [6.07, 6.45) is 1.59. The number of pyridine rings is 1. The zero-order valence-electron chi connectivity index (χ0n) is 15.7. The first-order chi connectivity index (χ1) is 13.5. The number of hydrogen-bond acceptors (Lipinski definition) is 4. The van der Waals surface area contributed by atoms with Gasteiger partial charge in [0.25, 0.3) is 11.5 Å². The normalized spacial score (nSPS) is 12.1. The van der Waals surface area contributed by atoms with Gasteiger partial charge in [0.2, 0.25) is 6.79 Å². The van der Waals surface area contributed by atoms with E-state index in [1.807, 2.05) is 26.0 Å². The van der Waals surface area contributed by atoms with Gasteiger partial charge in [-0.3, -0.25) is 9.59 Å². The summed E-state index contributed by atoms with van der Waals surface area (Å²) in [5.41, 5.74) is 4.14. The fourth-order valence-corrected chi connectivity index (χ4v) is 3.12. The van der Waals surface area contributed by atoms with Crippen LogP contribution in [0.25, 0.3) is 0 Å². The van der Waals surface area contributed by atoms with E-state index in [4.69, 9.17) is 9.47 Å². The maximum Gasteiger partial charge on any atom is 0.257 e. The van der Waals surface area contributed by atoms with Crippen molar-refractivity contribution in [1.82, 2.24) is 4.57 Å². The molecular formula is C22H20N2O4. The number of benzene rings is 2. The Labute approximate surface area is 162 Å². The SMILES string of the molecule is Cc1ccc(C)c(Cn2cc(C(=O)Nc3ccc4c(c3)OCO4)ccc2=O)c1. The topological polar surface area (TPSA) is 69.6 Å². The molecule has 6 heteroatoms. The van der Waals surface area contributed by atoms with E-state index >= 15 is 0 Å². The van der Waals surface area contributed by atoms with Crippen LogP contribution in [0.5, 0.6) is 11.5 Å². The molecule has 0 fully saturated rings. The molecule has 0 aliphatic carbocycles. The molecule has 4 rings (SSSR count). The molecular weight excluding hydrogens is 356 g/mol. The van der Waals surface area contributed by atoms with Crippen LogP contribution in [0.3, 0.4) is 0 Å². The molecule has 142 valence electrons. The van der Waals surface area contributed by atoms with Gasteiger partial charge in [-0.05, 0) is 43.2 Å². The lowest BCUT2D eigenvalue weighted by Gasteiger charge is -2.12. The van der Waals surface area contributed by atoms with Crippen LogP contribution in [0.4, 0.5) is 5.69 Å². The monoisotopic (exact) mass is 376 g/mol. The number of fused-ring (bicyclic) bond motifs is 1. The van der Waals surface area contributed by atoms with E-state index < -0.39 is 0 Å². The zero-order chi connectivity index (χ0) is 19.7. The number of hydrogen-bond donors (Lipinski definition) is 1. The number of carbonyl (C=O) groups is 1. The number of nitrogens with zero attached hydrogens (tertiary/aromatic N) is 1. The summed E-state index contributed by atoms with van der Waals surface area (Å²) in [4.78, 5) is 24.9. The number of amides is 1. The van der Waals surface area contributed by atoms with Gasteiger partial charge in [0, 0.05) is 24.0 Å². The van der Waals surface area contributed by atoms with Gasteiger partial charge >= 0.3 is 0 Å². The second kappa shape index (κ2) is 7.23. The van der Waals surface area contributed by atoms with Crippen LogP contribution >= 0.6 is 0 Å². The summed E-state index contributed by atoms with van der Waals surface area (Å²) < 4.78 is 12.2. The van der Waals surface area contributed by atoms with Gasteiger partial charge in [-0.15, -0.1) is 0 Å². The van der Waals surface area contributed by atoms with E-state index in [9.17, 15) is 9.59 Å². The fraction of sp³-hybridized carbons (Fsp3) is 0.182. The average molecular weight is 376 g/mol. The number of rotatable bonds is 4. The molecule has 0 unspecified atom stereocenters. The van der Waals surface area contributed by atoms with Gasteiger partial charge in [0.05, 0.1) is 12.1 Å². The second-order valence-corrected chi connectivity index (χ2v) is 6.84. The number of aromatic nitrogens is 1. The Kier molecular flexibility index (Phi) is 4.61. The first-order valence-electron chi connectivity index (χ1n) is 8.97. The van der Waals surface area contributed by atoms with Gasteiger partial charge in [-0.1, -0.05) is 23.8 Å². The van der Waals surface area contributed by atoms with Crippen molar-refractivity contribution in [3.63, 3.8) is 0 Å². The molecule has 6 nitrogen and oxygen atoms in total. The molecule has 1 aromatic heterocycles. The van der Waals surface area contributed by atoms with E-state index in [0.717, 1.165) is 16.7 Å². The molecule has 0 radical (unpaired) electrons. The molecule has 2 aromatic carbocycles. The Hall–Kier alpha value is -3.54. The minimum atomic E-state index is -0.298. The molecule has 3 aromatic rings. The zero-order valence-corrected chi connectivity index (χ0v) is 15.7. The summed E-state index contributed by atoms with van der Waals surface area (Å²) in [5, 5.41) is 2.83. The molecule has 0 atom stereocenters. The predicted molar refractivity (Wildman–Crippen MR) is 106 cm³/mol.